The normalized spacial score (nSPS) is 10.1. The van der Waals surface area contributed by atoms with Crippen molar-refractivity contribution in [1.29, 1.82) is 10.5 Å². The molecule has 0 amide bonds. The van der Waals surface area contributed by atoms with Crippen LogP contribution in [0.1, 0.15) is 21.5 Å². The lowest BCUT2D eigenvalue weighted by Crippen LogP contribution is -2.08. The van der Waals surface area contributed by atoms with Gasteiger partial charge in [0.25, 0.3) is 0 Å². The molecule has 0 saturated heterocycles. The van der Waals surface area contributed by atoms with E-state index in [2.05, 4.69) is 11.1 Å². The molecule has 1 heterocycles. The second kappa shape index (κ2) is 10.4. The molecule has 0 aliphatic rings. The number of hydrogen-bond donors (Lipinski definition) is 1. The van der Waals surface area contributed by atoms with Crippen molar-refractivity contribution in [3.8, 4) is 40.5 Å². The van der Waals surface area contributed by atoms with Crippen LogP contribution in [-0.2, 0) is 0 Å². The van der Waals surface area contributed by atoms with Crippen LogP contribution in [0.25, 0.3) is 11.1 Å². The van der Waals surface area contributed by atoms with E-state index in [4.69, 9.17) is 19.9 Å². The topological polar surface area (TPSA) is 131 Å². The Morgan fingerprint density at radius 2 is 1.61 bits per heavy atom. The maximum atomic E-state index is 12.9. The van der Waals surface area contributed by atoms with Gasteiger partial charge in [-0.1, -0.05) is 23.9 Å². The van der Waals surface area contributed by atoms with Gasteiger partial charge in [-0.25, -0.2) is 4.98 Å². The molecule has 3 aromatic rings. The molecule has 0 radical (unpaired) electrons. The number of ketones is 1. The van der Waals surface area contributed by atoms with Gasteiger partial charge in [0.1, 0.15) is 45.8 Å². The number of hydrogen-bond acceptors (Lipinski definition) is 9. The summed E-state index contributed by atoms with van der Waals surface area (Å²) in [7, 11) is 4.53. The number of methoxy groups -OCH3 is 3. The molecule has 0 aliphatic heterocycles. The van der Waals surface area contributed by atoms with Gasteiger partial charge in [-0.15, -0.1) is 0 Å². The summed E-state index contributed by atoms with van der Waals surface area (Å²) in [6, 6.07) is 16.0. The molecule has 0 unspecified atom stereocenters. The first kappa shape index (κ1) is 23.5. The van der Waals surface area contributed by atoms with E-state index in [0.717, 1.165) is 11.8 Å². The maximum Gasteiger partial charge on any atom is 0.176 e. The summed E-state index contributed by atoms with van der Waals surface area (Å²) in [6.07, 6.45) is 0. The van der Waals surface area contributed by atoms with Crippen molar-refractivity contribution in [2.45, 2.75) is 5.03 Å². The van der Waals surface area contributed by atoms with Crippen molar-refractivity contribution in [3.05, 3.63) is 59.2 Å². The molecule has 0 spiro atoms. The predicted octanol–water partition coefficient (Wildman–Crippen LogP) is 4.07. The quantitative estimate of drug-likeness (QED) is 0.390. The average Bonchev–Trinajstić information content (AvgIpc) is 2.86. The Kier molecular flexibility index (Phi) is 7.39. The van der Waals surface area contributed by atoms with Gasteiger partial charge in [0.05, 0.1) is 38.2 Å². The molecule has 0 bridgehead atoms. The number of nitrogens with two attached hydrogens (primary N) is 1. The highest BCUT2D eigenvalue weighted by atomic mass is 32.2. The van der Waals surface area contributed by atoms with Crippen LogP contribution < -0.4 is 19.9 Å². The van der Waals surface area contributed by atoms with Gasteiger partial charge in [0, 0.05) is 5.56 Å². The Labute approximate surface area is 195 Å². The summed E-state index contributed by atoms with van der Waals surface area (Å²) in [5.41, 5.74) is 7.64. The van der Waals surface area contributed by atoms with Crippen LogP contribution in [0.3, 0.4) is 0 Å². The van der Waals surface area contributed by atoms with E-state index in [9.17, 15) is 15.3 Å². The zero-order valence-corrected chi connectivity index (χ0v) is 19.0. The number of rotatable bonds is 8. The molecule has 0 aliphatic carbocycles. The minimum atomic E-state index is -0.240. The van der Waals surface area contributed by atoms with Crippen LogP contribution in [0.2, 0.25) is 0 Å². The Hall–Kier alpha value is -4.21. The first-order valence-corrected chi connectivity index (χ1v) is 10.6. The third kappa shape index (κ3) is 4.84. The molecule has 1 aromatic heterocycles. The fourth-order valence-electron chi connectivity index (χ4n) is 3.19. The Bertz CT molecular complexity index is 1280. The Balaban J connectivity index is 2.01. The van der Waals surface area contributed by atoms with Crippen molar-refractivity contribution >= 4 is 23.4 Å². The van der Waals surface area contributed by atoms with Gasteiger partial charge in [0.15, 0.2) is 5.78 Å². The van der Waals surface area contributed by atoms with E-state index >= 15 is 0 Å². The predicted molar refractivity (Wildman–Crippen MR) is 125 cm³/mol. The second-order valence-corrected chi connectivity index (χ2v) is 7.62. The number of nitrogens with zero attached hydrogens (tertiary/aromatic N) is 3. The molecule has 9 heteroatoms. The molecule has 0 fully saturated rings. The molecular formula is C24H20N4O4S. The highest BCUT2D eigenvalue weighted by Crippen LogP contribution is 2.36. The lowest BCUT2D eigenvalue weighted by molar-refractivity contribution is 0.101. The summed E-state index contributed by atoms with van der Waals surface area (Å²) < 4.78 is 15.7. The Morgan fingerprint density at radius 3 is 2.18 bits per heavy atom. The van der Waals surface area contributed by atoms with Crippen LogP contribution in [0, 0.1) is 22.7 Å². The van der Waals surface area contributed by atoms with Crippen molar-refractivity contribution < 1.29 is 19.0 Å². The first-order chi connectivity index (χ1) is 16.0. The van der Waals surface area contributed by atoms with E-state index in [1.807, 2.05) is 6.07 Å². The van der Waals surface area contributed by atoms with Crippen LogP contribution >= 0.6 is 11.8 Å². The van der Waals surface area contributed by atoms with Gasteiger partial charge in [0.2, 0.25) is 0 Å². The van der Waals surface area contributed by atoms with E-state index in [-0.39, 0.29) is 33.5 Å². The van der Waals surface area contributed by atoms with E-state index in [0.29, 0.717) is 33.9 Å². The number of benzene rings is 2. The minimum Gasteiger partial charge on any atom is -0.497 e. The van der Waals surface area contributed by atoms with E-state index in [1.54, 1.807) is 49.6 Å². The zero-order chi connectivity index (χ0) is 24.0. The van der Waals surface area contributed by atoms with Crippen molar-refractivity contribution in [2.75, 3.05) is 32.8 Å². The summed E-state index contributed by atoms with van der Waals surface area (Å²) in [5.74, 6) is 1.27. The monoisotopic (exact) mass is 460 g/mol. The summed E-state index contributed by atoms with van der Waals surface area (Å²) in [4.78, 5) is 17.2. The van der Waals surface area contributed by atoms with Crippen LogP contribution in [0.15, 0.2) is 47.5 Å². The Morgan fingerprint density at radius 1 is 0.970 bits per heavy atom. The van der Waals surface area contributed by atoms with Crippen molar-refractivity contribution in [3.63, 3.8) is 0 Å². The van der Waals surface area contributed by atoms with Crippen molar-refractivity contribution in [1.82, 2.24) is 4.98 Å². The fourth-order valence-corrected chi connectivity index (χ4v) is 4.07. The molecule has 3 rings (SSSR count). The number of pyridine rings is 1. The zero-order valence-electron chi connectivity index (χ0n) is 18.2. The van der Waals surface area contributed by atoms with Gasteiger partial charge >= 0.3 is 0 Å². The molecule has 2 aromatic carbocycles. The largest absolute Gasteiger partial charge is 0.497 e. The SMILES string of the molecule is COc1ccc(-c2c(C#N)c(N)nc(SCC(=O)c3cc(OC)ccc3OC)c2C#N)cc1. The lowest BCUT2D eigenvalue weighted by atomic mass is 9.97. The van der Waals surface area contributed by atoms with E-state index < -0.39 is 0 Å². The summed E-state index contributed by atoms with van der Waals surface area (Å²) in [5, 5.41) is 19.8. The maximum absolute atomic E-state index is 12.9. The second-order valence-electron chi connectivity index (χ2n) is 6.66. The smallest absolute Gasteiger partial charge is 0.176 e. The molecular weight excluding hydrogens is 440 g/mol. The number of nitriles is 2. The van der Waals surface area contributed by atoms with Crippen molar-refractivity contribution in [2.24, 2.45) is 0 Å². The number of anilines is 1. The third-order valence-corrected chi connectivity index (χ3v) is 5.82. The number of carbonyl (C=O) groups excluding carboxylic acids is 1. The number of thioether (sulfide) groups is 1. The highest BCUT2D eigenvalue weighted by molar-refractivity contribution is 8.00. The van der Waals surface area contributed by atoms with E-state index in [1.165, 1.54) is 14.2 Å². The summed E-state index contributed by atoms with van der Waals surface area (Å²) >= 11 is 1.06. The lowest BCUT2D eigenvalue weighted by Gasteiger charge is -2.14. The number of aromatic nitrogens is 1. The fraction of sp³-hybridized carbons (Fsp3) is 0.167. The first-order valence-electron chi connectivity index (χ1n) is 9.63. The molecule has 0 atom stereocenters. The molecule has 2 N–H and O–H groups in total. The molecule has 8 nitrogen and oxygen atoms in total. The summed E-state index contributed by atoms with van der Waals surface area (Å²) in [6.45, 7) is 0. The number of ether oxygens (including phenoxy) is 3. The molecule has 33 heavy (non-hydrogen) atoms. The van der Waals surface area contributed by atoms with Gasteiger partial charge < -0.3 is 19.9 Å². The minimum absolute atomic E-state index is 0.0174. The highest BCUT2D eigenvalue weighted by Gasteiger charge is 2.22. The van der Waals surface area contributed by atoms with Crippen LogP contribution in [0.5, 0.6) is 17.2 Å². The average molecular weight is 461 g/mol. The standard InChI is InChI=1S/C24H20N4O4S/c1-30-15-6-4-14(5-7-15)22-18(11-25)23(27)28-24(19(22)12-26)33-13-20(29)17-10-16(31-2)8-9-21(17)32-3/h4-10H,13H2,1-3H3,(H2,27,28). The molecule has 166 valence electrons. The van der Waals surface area contributed by atoms with Crippen LogP contribution in [0.4, 0.5) is 5.82 Å². The number of Topliss-reactive ketones (excluding diaryl/α,β-unsaturated/α-hetero) is 1. The number of nitrogen functional groups attached to an aromatic ring is 1. The van der Waals surface area contributed by atoms with Gasteiger partial charge in [-0.05, 0) is 35.9 Å². The van der Waals surface area contributed by atoms with Crippen LogP contribution in [-0.4, -0.2) is 37.8 Å². The third-order valence-electron chi connectivity index (χ3n) is 4.84. The van der Waals surface area contributed by atoms with Gasteiger partial charge in [-0.3, -0.25) is 4.79 Å². The molecule has 0 saturated carbocycles. The van der Waals surface area contributed by atoms with Gasteiger partial charge in [-0.2, -0.15) is 10.5 Å². The number of carbonyl (C=O) groups is 1.